The van der Waals surface area contributed by atoms with E-state index in [-0.39, 0.29) is 12.5 Å². The van der Waals surface area contributed by atoms with Crippen LogP contribution >= 0.6 is 0 Å². The number of rotatable bonds is 6. The summed E-state index contributed by atoms with van der Waals surface area (Å²) < 4.78 is 10.2. The van der Waals surface area contributed by atoms with Crippen LogP contribution in [-0.2, 0) is 20.9 Å². The summed E-state index contributed by atoms with van der Waals surface area (Å²) in [4.78, 5) is 36.1. The van der Waals surface area contributed by atoms with Gasteiger partial charge in [0.15, 0.2) is 0 Å². The van der Waals surface area contributed by atoms with Gasteiger partial charge in [0.25, 0.3) is 5.91 Å². The van der Waals surface area contributed by atoms with Crippen molar-refractivity contribution in [2.45, 2.75) is 59.3 Å². The van der Waals surface area contributed by atoms with Gasteiger partial charge >= 0.3 is 12.2 Å². The van der Waals surface area contributed by atoms with E-state index >= 15 is 0 Å². The summed E-state index contributed by atoms with van der Waals surface area (Å²) >= 11 is 0. The van der Waals surface area contributed by atoms with E-state index in [4.69, 9.17) is 9.47 Å². The molecule has 2 N–H and O–H groups in total. The number of benzene rings is 1. The fourth-order valence-corrected chi connectivity index (χ4v) is 2.10. The number of carbonyl (C=O) groups is 3. The molecule has 7 nitrogen and oxygen atoms in total. The number of ether oxygens (including phenoxy) is 2. The van der Waals surface area contributed by atoms with Crippen molar-refractivity contribution >= 4 is 18.1 Å². The number of nitrogens with one attached hydrogen (secondary N) is 2. The zero-order valence-electron chi connectivity index (χ0n) is 16.0. The minimum atomic E-state index is -0.894. The third-order valence-corrected chi connectivity index (χ3v) is 3.15. The lowest BCUT2D eigenvalue weighted by Crippen LogP contribution is -2.50. The molecule has 7 heteroatoms. The summed E-state index contributed by atoms with van der Waals surface area (Å²) in [7, 11) is 0. The van der Waals surface area contributed by atoms with Crippen molar-refractivity contribution in [1.29, 1.82) is 0 Å². The maximum Gasteiger partial charge on any atom is 0.414 e. The van der Waals surface area contributed by atoms with Crippen LogP contribution in [0.15, 0.2) is 30.3 Å². The van der Waals surface area contributed by atoms with Gasteiger partial charge in [-0.25, -0.2) is 9.59 Å². The smallest absolute Gasteiger partial charge is 0.414 e. The summed E-state index contributed by atoms with van der Waals surface area (Å²) in [5.41, 5.74) is 0.123. The van der Waals surface area contributed by atoms with Crippen molar-refractivity contribution < 1.29 is 23.9 Å². The van der Waals surface area contributed by atoms with Crippen LogP contribution in [-0.4, -0.2) is 29.7 Å². The van der Waals surface area contributed by atoms with Gasteiger partial charge < -0.3 is 14.8 Å². The third kappa shape index (κ3) is 9.05. The minimum Gasteiger partial charge on any atom is -0.444 e. The fourth-order valence-electron chi connectivity index (χ4n) is 2.10. The molecule has 0 aromatic heterocycles. The van der Waals surface area contributed by atoms with E-state index in [9.17, 15) is 14.4 Å². The van der Waals surface area contributed by atoms with E-state index < -0.39 is 29.7 Å². The van der Waals surface area contributed by atoms with Crippen LogP contribution in [0.4, 0.5) is 9.59 Å². The predicted molar refractivity (Wildman–Crippen MR) is 97.4 cm³/mol. The average molecular weight is 364 g/mol. The van der Waals surface area contributed by atoms with E-state index in [1.807, 2.05) is 32.0 Å². The van der Waals surface area contributed by atoms with Gasteiger partial charge in [0.2, 0.25) is 0 Å². The van der Waals surface area contributed by atoms with Crippen molar-refractivity contribution in [3.8, 4) is 0 Å². The van der Waals surface area contributed by atoms with E-state index in [0.29, 0.717) is 6.42 Å². The number of hydrogen-bond donors (Lipinski definition) is 2. The van der Waals surface area contributed by atoms with Crippen LogP contribution in [0.3, 0.4) is 0 Å². The van der Waals surface area contributed by atoms with E-state index in [1.54, 1.807) is 32.9 Å². The number of alkyl carbamates (subject to hydrolysis) is 2. The molecule has 26 heavy (non-hydrogen) atoms. The molecule has 0 saturated heterocycles. The lowest BCUT2D eigenvalue weighted by Gasteiger charge is -2.23. The highest BCUT2D eigenvalue weighted by Crippen LogP contribution is 2.10. The molecule has 0 aliphatic carbocycles. The van der Waals surface area contributed by atoms with E-state index in [1.165, 1.54) is 0 Å². The fraction of sp³-hybridized carbons (Fsp3) is 0.526. The second-order valence-electron chi connectivity index (χ2n) is 7.38. The minimum absolute atomic E-state index is 0.0499. The van der Waals surface area contributed by atoms with Crippen molar-refractivity contribution in [2.75, 3.05) is 0 Å². The highest BCUT2D eigenvalue weighted by atomic mass is 16.6. The van der Waals surface area contributed by atoms with Crippen LogP contribution in [0, 0.1) is 5.92 Å². The summed E-state index contributed by atoms with van der Waals surface area (Å²) in [6.45, 7) is 9.05. The lowest BCUT2D eigenvalue weighted by molar-refractivity contribution is -0.123. The Morgan fingerprint density at radius 1 is 1.04 bits per heavy atom. The average Bonchev–Trinajstić information content (AvgIpc) is 2.51. The van der Waals surface area contributed by atoms with Crippen molar-refractivity contribution in [3.05, 3.63) is 35.9 Å². The molecule has 0 unspecified atom stereocenters. The van der Waals surface area contributed by atoms with Gasteiger partial charge in [-0.05, 0) is 38.7 Å². The Bertz CT molecular complexity index is 608. The van der Waals surface area contributed by atoms with Gasteiger partial charge in [-0.3, -0.25) is 10.1 Å². The Kier molecular flexibility index (Phi) is 8.09. The Morgan fingerprint density at radius 3 is 2.19 bits per heavy atom. The molecular weight excluding hydrogens is 336 g/mol. The maximum atomic E-state index is 12.3. The topological polar surface area (TPSA) is 93.7 Å². The van der Waals surface area contributed by atoms with Crippen LogP contribution in [0.1, 0.15) is 46.6 Å². The molecule has 1 atom stereocenters. The predicted octanol–water partition coefficient (Wildman–Crippen LogP) is 3.38. The monoisotopic (exact) mass is 364 g/mol. The van der Waals surface area contributed by atoms with Crippen LogP contribution in [0.5, 0.6) is 0 Å². The van der Waals surface area contributed by atoms with Gasteiger partial charge in [0, 0.05) is 0 Å². The van der Waals surface area contributed by atoms with Gasteiger partial charge in [-0.15, -0.1) is 0 Å². The van der Waals surface area contributed by atoms with Gasteiger partial charge in [-0.2, -0.15) is 0 Å². The number of carbonyl (C=O) groups excluding carboxylic acids is 3. The number of imide groups is 1. The summed E-state index contributed by atoms with van der Waals surface area (Å²) in [6, 6.07) is 8.22. The molecule has 0 aliphatic heterocycles. The third-order valence-electron chi connectivity index (χ3n) is 3.15. The first-order valence-electron chi connectivity index (χ1n) is 8.58. The van der Waals surface area contributed by atoms with E-state index in [0.717, 1.165) is 5.56 Å². The Morgan fingerprint density at radius 2 is 1.65 bits per heavy atom. The molecular formula is C19H28N2O5. The molecule has 0 radical (unpaired) electrons. The van der Waals surface area contributed by atoms with Crippen molar-refractivity contribution in [3.63, 3.8) is 0 Å². The molecule has 0 bridgehead atoms. The Hall–Kier alpha value is -2.57. The molecule has 0 aliphatic rings. The van der Waals surface area contributed by atoms with Crippen LogP contribution < -0.4 is 10.6 Å². The van der Waals surface area contributed by atoms with Crippen LogP contribution in [0.2, 0.25) is 0 Å². The number of hydrogen-bond acceptors (Lipinski definition) is 5. The van der Waals surface area contributed by atoms with Gasteiger partial charge in [0.1, 0.15) is 18.2 Å². The highest BCUT2D eigenvalue weighted by molar-refractivity contribution is 5.96. The summed E-state index contributed by atoms with van der Waals surface area (Å²) in [5.74, 6) is -0.511. The maximum absolute atomic E-state index is 12.3. The summed E-state index contributed by atoms with van der Waals surface area (Å²) in [6.07, 6.45) is -1.22. The second kappa shape index (κ2) is 9.79. The lowest BCUT2D eigenvalue weighted by atomic mass is 10.0. The Labute approximate surface area is 154 Å². The molecule has 1 aromatic rings. The Balaban J connectivity index is 2.58. The van der Waals surface area contributed by atoms with Crippen LogP contribution in [0.25, 0.3) is 0 Å². The molecule has 0 saturated carbocycles. The zero-order chi connectivity index (χ0) is 19.7. The van der Waals surface area contributed by atoms with Crippen molar-refractivity contribution in [1.82, 2.24) is 10.6 Å². The number of amides is 3. The molecule has 3 amide bonds. The normalized spacial score (nSPS) is 12.2. The standard InChI is InChI=1S/C19H28N2O5/c1-13(2)11-15(20-18(24)26-19(3,4)5)16(22)21-17(23)25-12-14-9-7-6-8-10-14/h6-10,13,15H,11-12H2,1-5H3,(H,20,24)(H,21,22,23)/t15-/m0/s1. The highest BCUT2D eigenvalue weighted by Gasteiger charge is 2.26. The first kappa shape index (κ1) is 21.5. The van der Waals surface area contributed by atoms with Gasteiger partial charge in [-0.1, -0.05) is 44.2 Å². The molecule has 0 spiro atoms. The largest absolute Gasteiger partial charge is 0.444 e. The van der Waals surface area contributed by atoms with E-state index in [2.05, 4.69) is 10.6 Å². The SMILES string of the molecule is CC(C)C[C@H](NC(=O)OC(C)(C)C)C(=O)NC(=O)OCc1ccccc1. The molecule has 0 heterocycles. The molecule has 1 aromatic carbocycles. The quantitative estimate of drug-likeness (QED) is 0.807. The molecule has 1 rings (SSSR count). The molecule has 144 valence electrons. The first-order chi connectivity index (χ1) is 12.1. The second-order valence-corrected chi connectivity index (χ2v) is 7.38. The summed E-state index contributed by atoms with van der Waals surface area (Å²) in [5, 5.41) is 4.66. The van der Waals surface area contributed by atoms with Crippen molar-refractivity contribution in [2.24, 2.45) is 5.92 Å². The van der Waals surface area contributed by atoms with Gasteiger partial charge in [0.05, 0.1) is 0 Å². The molecule has 0 fully saturated rings. The zero-order valence-corrected chi connectivity index (χ0v) is 16.0. The first-order valence-corrected chi connectivity index (χ1v) is 8.58.